The maximum atomic E-state index is 9.55. The van der Waals surface area contributed by atoms with Gasteiger partial charge in [-0.3, -0.25) is 0 Å². The fourth-order valence-electron chi connectivity index (χ4n) is 2.35. The molecule has 0 radical (unpaired) electrons. The number of aromatic nitrogens is 3. The first kappa shape index (κ1) is 13.8. The standard InChI is InChI=1S/C11H16Cl2N4O/c1-7(18)6-8-4-2-3-5-17(8)11-15-9(12)14-10(13)16-11/h7-8,18H,2-6H2,1H3. The molecule has 18 heavy (non-hydrogen) atoms. The topological polar surface area (TPSA) is 62.1 Å². The van der Waals surface area contributed by atoms with Crippen LogP contribution in [0.2, 0.25) is 10.6 Å². The van der Waals surface area contributed by atoms with E-state index in [4.69, 9.17) is 23.2 Å². The molecule has 2 atom stereocenters. The molecule has 0 aromatic carbocycles. The van der Waals surface area contributed by atoms with Crippen LogP contribution in [0, 0.1) is 0 Å². The Balaban J connectivity index is 2.21. The molecule has 5 nitrogen and oxygen atoms in total. The van der Waals surface area contributed by atoms with Gasteiger partial charge in [0.2, 0.25) is 16.5 Å². The molecule has 0 aliphatic carbocycles. The highest BCUT2D eigenvalue weighted by molar-refractivity contribution is 6.31. The van der Waals surface area contributed by atoms with Crippen molar-refractivity contribution in [1.29, 1.82) is 0 Å². The summed E-state index contributed by atoms with van der Waals surface area (Å²) in [5.74, 6) is 0.505. The predicted octanol–water partition coefficient (Wildman–Crippen LogP) is 2.31. The zero-order valence-electron chi connectivity index (χ0n) is 10.2. The van der Waals surface area contributed by atoms with Gasteiger partial charge in [-0.15, -0.1) is 0 Å². The van der Waals surface area contributed by atoms with E-state index in [1.807, 2.05) is 0 Å². The molecule has 0 spiro atoms. The molecule has 0 bridgehead atoms. The maximum Gasteiger partial charge on any atom is 0.231 e. The van der Waals surface area contributed by atoms with E-state index in [9.17, 15) is 5.11 Å². The van der Waals surface area contributed by atoms with Gasteiger partial charge in [0.25, 0.3) is 0 Å². The van der Waals surface area contributed by atoms with Gasteiger partial charge in [0.1, 0.15) is 0 Å². The Morgan fingerprint density at radius 2 is 1.94 bits per heavy atom. The summed E-state index contributed by atoms with van der Waals surface area (Å²) in [4.78, 5) is 14.0. The molecule has 1 N–H and O–H groups in total. The molecule has 2 rings (SSSR count). The molecule has 7 heteroatoms. The summed E-state index contributed by atoms with van der Waals surface area (Å²) < 4.78 is 0. The van der Waals surface area contributed by atoms with E-state index >= 15 is 0 Å². The Kier molecular flexibility index (Phi) is 4.59. The zero-order chi connectivity index (χ0) is 13.1. The number of hydrogen-bond acceptors (Lipinski definition) is 5. The third-order valence-corrected chi connectivity index (χ3v) is 3.40. The number of piperidine rings is 1. The molecule has 1 aliphatic rings. The van der Waals surface area contributed by atoms with Gasteiger partial charge in [-0.25, -0.2) is 0 Å². The monoisotopic (exact) mass is 290 g/mol. The predicted molar refractivity (Wildman–Crippen MR) is 71.1 cm³/mol. The second kappa shape index (κ2) is 5.99. The van der Waals surface area contributed by atoms with Crippen LogP contribution < -0.4 is 4.90 Å². The molecule has 0 amide bonds. The Morgan fingerprint density at radius 1 is 1.28 bits per heavy atom. The average Bonchev–Trinajstić information content (AvgIpc) is 2.27. The van der Waals surface area contributed by atoms with Gasteiger partial charge in [-0.1, -0.05) is 0 Å². The Labute approximate surface area is 116 Å². The molecular weight excluding hydrogens is 275 g/mol. The minimum Gasteiger partial charge on any atom is -0.393 e. The first-order valence-electron chi connectivity index (χ1n) is 6.08. The van der Waals surface area contributed by atoms with Gasteiger partial charge in [-0.05, 0) is 55.8 Å². The summed E-state index contributed by atoms with van der Waals surface area (Å²) in [6.07, 6.45) is 3.60. The number of halogens is 2. The molecule has 2 heterocycles. The molecule has 2 unspecified atom stereocenters. The SMILES string of the molecule is CC(O)CC1CCCCN1c1nc(Cl)nc(Cl)n1. The van der Waals surface area contributed by atoms with Gasteiger partial charge >= 0.3 is 0 Å². The van der Waals surface area contributed by atoms with Crippen molar-refractivity contribution in [2.24, 2.45) is 0 Å². The van der Waals surface area contributed by atoms with Crippen molar-refractivity contribution < 1.29 is 5.11 Å². The second-order valence-electron chi connectivity index (χ2n) is 4.60. The van der Waals surface area contributed by atoms with Gasteiger partial charge in [0.15, 0.2) is 0 Å². The lowest BCUT2D eigenvalue weighted by Gasteiger charge is -2.36. The summed E-state index contributed by atoms with van der Waals surface area (Å²) in [6, 6.07) is 0.230. The van der Waals surface area contributed by atoms with Crippen LogP contribution in [0.5, 0.6) is 0 Å². The van der Waals surface area contributed by atoms with E-state index in [0.717, 1.165) is 25.8 Å². The molecule has 1 saturated heterocycles. The normalized spacial score (nSPS) is 22.0. The summed E-state index contributed by atoms with van der Waals surface area (Å²) in [6.45, 7) is 2.65. The highest BCUT2D eigenvalue weighted by Crippen LogP contribution is 2.26. The van der Waals surface area contributed by atoms with E-state index < -0.39 is 0 Å². The van der Waals surface area contributed by atoms with Crippen LogP contribution >= 0.6 is 23.2 Å². The van der Waals surface area contributed by atoms with Crippen molar-refractivity contribution in [3.63, 3.8) is 0 Å². The van der Waals surface area contributed by atoms with Crippen LogP contribution in [0.3, 0.4) is 0 Å². The largest absolute Gasteiger partial charge is 0.393 e. The molecule has 0 saturated carbocycles. The van der Waals surface area contributed by atoms with Crippen molar-refractivity contribution >= 4 is 29.2 Å². The summed E-state index contributed by atoms with van der Waals surface area (Å²) in [5, 5.41) is 9.75. The number of nitrogens with zero attached hydrogens (tertiary/aromatic N) is 4. The third-order valence-electron chi connectivity index (χ3n) is 3.07. The highest BCUT2D eigenvalue weighted by atomic mass is 35.5. The summed E-state index contributed by atoms with van der Waals surface area (Å²) >= 11 is 11.6. The fraction of sp³-hybridized carbons (Fsp3) is 0.727. The van der Waals surface area contributed by atoms with Crippen LogP contribution in [0.25, 0.3) is 0 Å². The van der Waals surface area contributed by atoms with Gasteiger partial charge in [0, 0.05) is 12.6 Å². The van der Waals surface area contributed by atoms with Crippen molar-refractivity contribution in [2.75, 3.05) is 11.4 Å². The third kappa shape index (κ3) is 3.43. The van der Waals surface area contributed by atoms with E-state index in [2.05, 4.69) is 19.9 Å². The number of anilines is 1. The number of hydrogen-bond donors (Lipinski definition) is 1. The highest BCUT2D eigenvalue weighted by Gasteiger charge is 2.26. The molecule has 1 aromatic heterocycles. The minimum absolute atomic E-state index is 0.103. The van der Waals surface area contributed by atoms with Crippen molar-refractivity contribution in [3.8, 4) is 0 Å². The Hall–Kier alpha value is -0.650. The van der Waals surface area contributed by atoms with Gasteiger partial charge < -0.3 is 10.0 Å². The Bertz CT molecular complexity index is 396. The van der Waals surface area contributed by atoms with Crippen molar-refractivity contribution in [1.82, 2.24) is 15.0 Å². The van der Waals surface area contributed by atoms with Crippen molar-refractivity contribution in [3.05, 3.63) is 10.6 Å². The van der Waals surface area contributed by atoms with Crippen LogP contribution in [0.15, 0.2) is 0 Å². The van der Waals surface area contributed by atoms with E-state index in [-0.39, 0.29) is 22.7 Å². The Morgan fingerprint density at radius 3 is 2.56 bits per heavy atom. The zero-order valence-corrected chi connectivity index (χ0v) is 11.7. The molecule has 100 valence electrons. The minimum atomic E-state index is -0.344. The number of aliphatic hydroxyl groups excluding tert-OH is 1. The van der Waals surface area contributed by atoms with Crippen LogP contribution in [0.4, 0.5) is 5.95 Å². The van der Waals surface area contributed by atoms with Crippen LogP contribution in [0.1, 0.15) is 32.6 Å². The summed E-state index contributed by atoms with van der Waals surface area (Å²) in [7, 11) is 0. The first-order valence-corrected chi connectivity index (χ1v) is 6.83. The fourth-order valence-corrected chi connectivity index (χ4v) is 2.70. The molecule has 1 aliphatic heterocycles. The molecular formula is C11H16Cl2N4O. The maximum absolute atomic E-state index is 9.55. The van der Waals surface area contributed by atoms with E-state index in [1.54, 1.807) is 6.92 Å². The average molecular weight is 291 g/mol. The molecule has 1 aromatic rings. The lowest BCUT2D eigenvalue weighted by Crippen LogP contribution is -2.42. The summed E-state index contributed by atoms with van der Waals surface area (Å²) in [5.41, 5.74) is 0. The van der Waals surface area contributed by atoms with Crippen LogP contribution in [-0.2, 0) is 0 Å². The molecule has 1 fully saturated rings. The quantitative estimate of drug-likeness (QED) is 0.926. The van der Waals surface area contributed by atoms with E-state index in [0.29, 0.717) is 12.4 Å². The van der Waals surface area contributed by atoms with E-state index in [1.165, 1.54) is 0 Å². The number of rotatable bonds is 3. The lowest BCUT2D eigenvalue weighted by atomic mass is 9.98. The van der Waals surface area contributed by atoms with Crippen molar-refractivity contribution in [2.45, 2.75) is 44.8 Å². The van der Waals surface area contributed by atoms with Crippen LogP contribution in [-0.4, -0.2) is 38.7 Å². The van der Waals surface area contributed by atoms with Gasteiger partial charge in [-0.2, -0.15) is 15.0 Å². The lowest BCUT2D eigenvalue weighted by molar-refractivity contribution is 0.167. The first-order chi connectivity index (χ1) is 8.56. The smallest absolute Gasteiger partial charge is 0.231 e. The number of aliphatic hydroxyl groups is 1. The second-order valence-corrected chi connectivity index (χ2v) is 5.28. The van der Waals surface area contributed by atoms with Gasteiger partial charge in [0.05, 0.1) is 6.10 Å².